The van der Waals surface area contributed by atoms with E-state index in [1.165, 1.54) is 18.3 Å². The molecule has 0 radical (unpaired) electrons. The molecule has 29 heavy (non-hydrogen) atoms. The SMILES string of the molecule is CN1CCc2cc(Nc3cc4cc(O)c(F)c(NC(=O)O)c4cn3)nn2CC1=O. The van der Waals surface area contributed by atoms with Crippen molar-refractivity contribution < 1.29 is 24.2 Å². The highest BCUT2D eigenvalue weighted by Crippen LogP contribution is 2.34. The van der Waals surface area contributed by atoms with Crippen LogP contribution in [0.2, 0.25) is 0 Å². The standard InChI is InChI=1S/C18H17FN6O4/c1-24-3-2-10-6-14(23-25(10)8-15(24)27)21-13-5-9-4-12(26)16(19)17(22-18(28)29)11(9)7-20-13/h4-7,22,26H,2-3,8H2,1H3,(H,28,29)(H,20,21,23). The number of aromatic nitrogens is 3. The van der Waals surface area contributed by atoms with Crippen LogP contribution < -0.4 is 10.6 Å². The van der Waals surface area contributed by atoms with Gasteiger partial charge in [0.05, 0.1) is 5.69 Å². The second kappa shape index (κ2) is 6.93. The molecule has 4 rings (SSSR count). The topological polar surface area (TPSA) is 133 Å². The minimum atomic E-state index is -1.46. The average molecular weight is 400 g/mol. The first-order valence-electron chi connectivity index (χ1n) is 8.70. The first-order chi connectivity index (χ1) is 13.8. The number of carboxylic acid groups (broad SMARTS) is 1. The van der Waals surface area contributed by atoms with Crippen molar-refractivity contribution in [2.45, 2.75) is 13.0 Å². The minimum Gasteiger partial charge on any atom is -0.505 e. The van der Waals surface area contributed by atoms with Gasteiger partial charge in [-0.25, -0.2) is 14.2 Å². The Labute approximate surface area is 163 Å². The molecule has 0 saturated carbocycles. The van der Waals surface area contributed by atoms with Gasteiger partial charge in [-0.2, -0.15) is 5.10 Å². The third kappa shape index (κ3) is 3.49. The minimum absolute atomic E-state index is 0.0295. The number of likely N-dealkylation sites (N-methyl/N-ethyl adjacent to an activating group) is 1. The zero-order valence-corrected chi connectivity index (χ0v) is 15.3. The molecule has 4 N–H and O–H groups in total. The largest absolute Gasteiger partial charge is 0.505 e. The van der Waals surface area contributed by atoms with Crippen LogP contribution in [0.5, 0.6) is 5.75 Å². The number of fused-ring (bicyclic) bond motifs is 2. The number of carbonyl (C=O) groups is 2. The number of pyridine rings is 1. The van der Waals surface area contributed by atoms with E-state index in [9.17, 15) is 19.1 Å². The Hall–Kier alpha value is -3.89. The number of phenolic OH excluding ortho intramolecular Hbond substituents is 1. The summed E-state index contributed by atoms with van der Waals surface area (Å²) in [7, 11) is 1.75. The summed E-state index contributed by atoms with van der Waals surface area (Å²) >= 11 is 0. The van der Waals surface area contributed by atoms with Crippen LogP contribution in [-0.4, -0.2) is 55.5 Å². The van der Waals surface area contributed by atoms with Gasteiger partial charge in [-0.05, 0) is 17.5 Å². The highest BCUT2D eigenvalue weighted by molar-refractivity contribution is 6.01. The molecule has 0 saturated heterocycles. The van der Waals surface area contributed by atoms with Gasteiger partial charge < -0.3 is 20.4 Å². The Morgan fingerprint density at radius 3 is 2.83 bits per heavy atom. The quantitative estimate of drug-likeness (QED) is 0.529. The molecule has 2 aromatic heterocycles. The van der Waals surface area contributed by atoms with Crippen molar-refractivity contribution in [1.82, 2.24) is 19.7 Å². The summed E-state index contributed by atoms with van der Waals surface area (Å²) in [5, 5.41) is 28.6. The maximum atomic E-state index is 14.1. The second-order valence-electron chi connectivity index (χ2n) is 6.67. The summed E-state index contributed by atoms with van der Waals surface area (Å²) in [6.45, 7) is 0.748. The zero-order valence-electron chi connectivity index (χ0n) is 15.3. The molecule has 2 amide bonds. The van der Waals surface area contributed by atoms with E-state index < -0.39 is 17.7 Å². The third-order valence-electron chi connectivity index (χ3n) is 4.71. The number of nitrogens with zero attached hydrogens (tertiary/aromatic N) is 4. The summed E-state index contributed by atoms with van der Waals surface area (Å²) in [5.74, 6) is -0.941. The molecule has 1 aromatic carbocycles. The van der Waals surface area contributed by atoms with E-state index in [1.54, 1.807) is 16.6 Å². The van der Waals surface area contributed by atoms with Crippen LogP contribution in [-0.2, 0) is 17.8 Å². The second-order valence-corrected chi connectivity index (χ2v) is 6.67. The van der Waals surface area contributed by atoms with Crippen LogP contribution in [0, 0.1) is 5.82 Å². The molecule has 3 heterocycles. The number of aromatic hydroxyl groups is 1. The van der Waals surface area contributed by atoms with E-state index in [0.29, 0.717) is 30.0 Å². The fourth-order valence-corrected chi connectivity index (χ4v) is 3.20. The maximum Gasteiger partial charge on any atom is 0.409 e. The van der Waals surface area contributed by atoms with Gasteiger partial charge >= 0.3 is 6.09 Å². The Morgan fingerprint density at radius 1 is 1.28 bits per heavy atom. The van der Waals surface area contributed by atoms with Crippen molar-refractivity contribution in [1.29, 1.82) is 0 Å². The molecule has 0 unspecified atom stereocenters. The molecular weight excluding hydrogens is 383 g/mol. The Kier molecular flexibility index (Phi) is 4.41. The van der Waals surface area contributed by atoms with Gasteiger partial charge in [0.25, 0.3) is 0 Å². The number of hydrogen-bond donors (Lipinski definition) is 4. The molecule has 1 aliphatic rings. The van der Waals surface area contributed by atoms with Crippen molar-refractivity contribution in [3.8, 4) is 5.75 Å². The Morgan fingerprint density at radius 2 is 2.07 bits per heavy atom. The lowest BCUT2D eigenvalue weighted by atomic mass is 10.1. The zero-order chi connectivity index (χ0) is 20.7. The predicted octanol–water partition coefficient (Wildman–Crippen LogP) is 2.12. The van der Waals surface area contributed by atoms with Gasteiger partial charge in [-0.15, -0.1) is 0 Å². The first-order valence-corrected chi connectivity index (χ1v) is 8.70. The number of benzene rings is 1. The van der Waals surface area contributed by atoms with E-state index >= 15 is 0 Å². The van der Waals surface area contributed by atoms with Crippen molar-refractivity contribution in [2.75, 3.05) is 24.2 Å². The lowest BCUT2D eigenvalue weighted by Crippen LogP contribution is -2.29. The fourth-order valence-electron chi connectivity index (χ4n) is 3.20. The van der Waals surface area contributed by atoms with Gasteiger partial charge in [-0.1, -0.05) is 0 Å². The molecule has 0 fully saturated rings. The van der Waals surface area contributed by atoms with E-state index in [2.05, 4.69) is 15.4 Å². The highest BCUT2D eigenvalue weighted by atomic mass is 19.1. The van der Waals surface area contributed by atoms with Crippen LogP contribution in [0.1, 0.15) is 5.69 Å². The van der Waals surface area contributed by atoms with E-state index in [-0.39, 0.29) is 23.5 Å². The molecule has 3 aromatic rings. The lowest BCUT2D eigenvalue weighted by molar-refractivity contribution is -0.130. The van der Waals surface area contributed by atoms with Gasteiger partial charge in [0.2, 0.25) is 5.91 Å². The smallest absolute Gasteiger partial charge is 0.409 e. The Balaban J connectivity index is 1.65. The normalized spacial score (nSPS) is 13.9. The summed E-state index contributed by atoms with van der Waals surface area (Å²) in [4.78, 5) is 28.7. The average Bonchev–Trinajstić information content (AvgIpc) is 2.98. The van der Waals surface area contributed by atoms with Crippen LogP contribution in [0.4, 0.5) is 26.5 Å². The number of phenols is 1. The molecule has 11 heteroatoms. The fraction of sp³-hybridized carbons (Fsp3) is 0.222. The van der Waals surface area contributed by atoms with Gasteiger partial charge in [-0.3, -0.25) is 14.8 Å². The van der Waals surface area contributed by atoms with E-state index in [0.717, 1.165) is 5.69 Å². The molecule has 10 nitrogen and oxygen atoms in total. The molecule has 1 aliphatic heterocycles. The molecular formula is C18H17FN6O4. The number of anilines is 3. The third-order valence-corrected chi connectivity index (χ3v) is 4.71. The van der Waals surface area contributed by atoms with Crippen molar-refractivity contribution >= 4 is 40.1 Å². The first kappa shape index (κ1) is 18.5. The lowest BCUT2D eigenvalue weighted by Gasteiger charge is -2.12. The highest BCUT2D eigenvalue weighted by Gasteiger charge is 2.20. The van der Waals surface area contributed by atoms with Gasteiger partial charge in [0, 0.05) is 43.4 Å². The number of rotatable bonds is 3. The maximum absolute atomic E-state index is 14.1. The summed E-state index contributed by atoms with van der Waals surface area (Å²) < 4.78 is 15.7. The molecule has 0 spiro atoms. The monoisotopic (exact) mass is 400 g/mol. The van der Waals surface area contributed by atoms with Crippen molar-refractivity contribution in [2.24, 2.45) is 0 Å². The summed E-state index contributed by atoms with van der Waals surface area (Å²) in [5.41, 5.74) is 0.529. The van der Waals surface area contributed by atoms with Crippen LogP contribution >= 0.6 is 0 Å². The van der Waals surface area contributed by atoms with Crippen molar-refractivity contribution in [3.05, 3.63) is 35.9 Å². The molecule has 150 valence electrons. The van der Waals surface area contributed by atoms with Crippen LogP contribution in [0.25, 0.3) is 10.8 Å². The number of nitrogens with one attached hydrogen (secondary N) is 2. The molecule has 0 aliphatic carbocycles. The van der Waals surface area contributed by atoms with Gasteiger partial charge in [0.15, 0.2) is 17.4 Å². The van der Waals surface area contributed by atoms with E-state index in [1.807, 2.05) is 11.4 Å². The van der Waals surface area contributed by atoms with Crippen LogP contribution in [0.3, 0.4) is 0 Å². The van der Waals surface area contributed by atoms with Gasteiger partial charge in [0.1, 0.15) is 12.4 Å². The molecule has 0 bridgehead atoms. The number of hydrogen-bond acceptors (Lipinski definition) is 6. The number of carbonyl (C=O) groups excluding carboxylic acids is 1. The van der Waals surface area contributed by atoms with Crippen LogP contribution in [0.15, 0.2) is 24.4 Å². The predicted molar refractivity (Wildman–Crippen MR) is 102 cm³/mol. The summed E-state index contributed by atoms with van der Waals surface area (Å²) in [6, 6.07) is 4.53. The molecule has 0 atom stereocenters. The summed E-state index contributed by atoms with van der Waals surface area (Å²) in [6.07, 6.45) is 0.502. The van der Waals surface area contributed by atoms with Crippen molar-refractivity contribution in [3.63, 3.8) is 0 Å². The number of amides is 2. The van der Waals surface area contributed by atoms with E-state index in [4.69, 9.17) is 5.11 Å². The Bertz CT molecular complexity index is 1150. The number of halogens is 1.